The fraction of sp³-hybridized carbons (Fsp3) is 0.0370. The highest BCUT2D eigenvalue weighted by molar-refractivity contribution is 7.13. The molecular weight excluding hydrogens is 462 g/mol. The number of amides is 1. The Morgan fingerprint density at radius 1 is 0.914 bits per heavy atom. The van der Waals surface area contributed by atoms with E-state index in [9.17, 15) is 15.0 Å². The predicted molar refractivity (Wildman–Crippen MR) is 136 cm³/mol. The topological polar surface area (TPSA) is 96.6 Å². The molecule has 3 N–H and O–H groups in total. The summed E-state index contributed by atoms with van der Waals surface area (Å²) in [6, 6.07) is 27.7. The number of carbonyl (C=O) groups is 1. The molecule has 174 valence electrons. The van der Waals surface area contributed by atoms with E-state index in [2.05, 4.69) is 5.32 Å². The minimum Gasteiger partial charge on any atom is -0.494 e. The van der Waals surface area contributed by atoms with Gasteiger partial charge in [-0.05, 0) is 17.7 Å². The number of anilines is 1. The Bertz CT molecular complexity index is 1450. The number of hydrogen-bond acceptors (Lipinski definition) is 6. The summed E-state index contributed by atoms with van der Waals surface area (Å²) in [7, 11) is 0. The smallest absolute Gasteiger partial charge is 0.412 e. The maximum Gasteiger partial charge on any atom is 0.412 e. The minimum absolute atomic E-state index is 0.0386. The van der Waals surface area contributed by atoms with Gasteiger partial charge in [0, 0.05) is 22.6 Å². The maximum absolute atomic E-state index is 12.2. The highest BCUT2D eigenvalue weighted by atomic mass is 32.1. The summed E-state index contributed by atoms with van der Waals surface area (Å²) in [5, 5.41) is 26.4. The van der Waals surface area contributed by atoms with Crippen molar-refractivity contribution in [2.75, 3.05) is 5.32 Å². The van der Waals surface area contributed by atoms with Gasteiger partial charge in [-0.25, -0.2) is 14.3 Å². The molecule has 0 fully saturated rings. The predicted octanol–water partition coefficient (Wildman–Crippen LogP) is 6.43. The zero-order valence-corrected chi connectivity index (χ0v) is 19.3. The van der Waals surface area contributed by atoms with Gasteiger partial charge in [0.25, 0.3) is 0 Å². The molecule has 0 radical (unpaired) electrons. The number of rotatable bonds is 6. The molecule has 35 heavy (non-hydrogen) atoms. The van der Waals surface area contributed by atoms with Gasteiger partial charge in [-0.1, -0.05) is 72.8 Å². The number of aromatic hydroxyl groups is 2. The van der Waals surface area contributed by atoms with Gasteiger partial charge in [-0.15, -0.1) is 11.3 Å². The van der Waals surface area contributed by atoms with E-state index >= 15 is 0 Å². The number of nitrogens with one attached hydrogen (secondary N) is 1. The first-order valence-corrected chi connectivity index (χ1v) is 11.7. The molecule has 1 amide bonds. The fourth-order valence-corrected chi connectivity index (χ4v) is 4.44. The van der Waals surface area contributed by atoms with E-state index in [-0.39, 0.29) is 24.1 Å². The maximum atomic E-state index is 12.2. The van der Waals surface area contributed by atoms with Gasteiger partial charge in [0.15, 0.2) is 0 Å². The van der Waals surface area contributed by atoms with Gasteiger partial charge in [0.05, 0.1) is 11.4 Å². The van der Waals surface area contributed by atoms with E-state index in [4.69, 9.17) is 9.72 Å². The van der Waals surface area contributed by atoms with Crippen molar-refractivity contribution in [1.82, 2.24) is 9.55 Å². The number of thiazole rings is 1. The van der Waals surface area contributed by atoms with Crippen LogP contribution in [0.3, 0.4) is 0 Å². The van der Waals surface area contributed by atoms with Crippen LogP contribution < -0.4 is 5.32 Å². The van der Waals surface area contributed by atoms with E-state index < -0.39 is 6.09 Å². The third-order valence-electron chi connectivity index (χ3n) is 5.35. The molecule has 5 aromatic rings. The number of hydrogen-bond donors (Lipinski definition) is 3. The first-order chi connectivity index (χ1) is 17.1. The third-order valence-corrected chi connectivity index (χ3v) is 6.24. The summed E-state index contributed by atoms with van der Waals surface area (Å²) in [4.78, 5) is 16.9. The van der Waals surface area contributed by atoms with Gasteiger partial charge in [-0.2, -0.15) is 0 Å². The Morgan fingerprint density at radius 2 is 1.60 bits per heavy atom. The SMILES string of the molecule is O=C(Nc1cc(O)n(-c2ccc(-c3csc(-c4ccccc4)n3)cc2)c1O)OCc1ccccc1. The summed E-state index contributed by atoms with van der Waals surface area (Å²) in [5.41, 5.74) is 4.20. The number of aromatic nitrogens is 2. The molecule has 0 spiro atoms. The highest BCUT2D eigenvalue weighted by Crippen LogP contribution is 2.36. The molecule has 0 atom stereocenters. The van der Waals surface area contributed by atoms with E-state index in [1.54, 1.807) is 23.5 Å². The molecule has 0 unspecified atom stereocenters. The van der Waals surface area contributed by atoms with Crippen LogP contribution in [0.4, 0.5) is 10.5 Å². The van der Waals surface area contributed by atoms with E-state index in [1.165, 1.54) is 10.6 Å². The van der Waals surface area contributed by atoms with E-state index in [0.717, 1.165) is 27.4 Å². The monoisotopic (exact) mass is 483 g/mol. The van der Waals surface area contributed by atoms with Crippen molar-refractivity contribution < 1.29 is 19.7 Å². The van der Waals surface area contributed by atoms with Crippen molar-refractivity contribution in [3.05, 3.63) is 102 Å². The highest BCUT2D eigenvalue weighted by Gasteiger charge is 2.18. The summed E-state index contributed by atoms with van der Waals surface area (Å²) in [6.45, 7) is 0.0875. The van der Waals surface area contributed by atoms with Crippen LogP contribution in [0.5, 0.6) is 11.8 Å². The molecule has 5 rings (SSSR count). The molecule has 2 aromatic heterocycles. The van der Waals surface area contributed by atoms with Gasteiger partial charge in [-0.3, -0.25) is 5.32 Å². The number of nitrogens with zero attached hydrogens (tertiary/aromatic N) is 2. The second kappa shape index (κ2) is 9.74. The van der Waals surface area contributed by atoms with Crippen LogP contribution in [0, 0.1) is 0 Å². The lowest BCUT2D eigenvalue weighted by Crippen LogP contribution is -2.13. The molecule has 8 heteroatoms. The summed E-state index contributed by atoms with van der Waals surface area (Å²) >= 11 is 1.57. The van der Waals surface area contributed by atoms with Crippen LogP contribution in [0.1, 0.15) is 5.56 Å². The Hall–Kier alpha value is -4.56. The van der Waals surface area contributed by atoms with Crippen molar-refractivity contribution in [2.45, 2.75) is 6.61 Å². The lowest BCUT2D eigenvalue weighted by molar-refractivity contribution is 0.155. The Kier molecular flexibility index (Phi) is 6.19. The molecule has 0 aliphatic carbocycles. The van der Waals surface area contributed by atoms with Crippen LogP contribution in [-0.2, 0) is 11.3 Å². The van der Waals surface area contributed by atoms with Crippen LogP contribution in [0.25, 0.3) is 27.5 Å². The Morgan fingerprint density at radius 3 is 2.31 bits per heavy atom. The molecule has 0 aliphatic heterocycles. The number of benzene rings is 3. The van der Waals surface area contributed by atoms with Gasteiger partial charge in [0.1, 0.15) is 17.3 Å². The lowest BCUT2D eigenvalue weighted by atomic mass is 10.1. The minimum atomic E-state index is -0.741. The average Bonchev–Trinajstić information content (AvgIpc) is 3.49. The molecule has 7 nitrogen and oxygen atoms in total. The lowest BCUT2D eigenvalue weighted by Gasteiger charge is -2.09. The van der Waals surface area contributed by atoms with Crippen LogP contribution >= 0.6 is 11.3 Å². The van der Waals surface area contributed by atoms with Gasteiger partial charge in [0.2, 0.25) is 11.8 Å². The summed E-state index contributed by atoms with van der Waals surface area (Å²) < 4.78 is 6.41. The second-order valence-electron chi connectivity index (χ2n) is 7.71. The fourth-order valence-electron chi connectivity index (χ4n) is 3.60. The standard InChI is InChI=1S/C27H21N3O4S/c31-24-15-22(29-27(33)34-16-18-7-3-1-4-8-18)26(32)30(24)21-13-11-19(12-14-21)23-17-35-25(28-23)20-9-5-2-6-10-20/h1-15,17,31-32H,16H2,(H,29,33). The Balaban J connectivity index is 1.30. The molecule has 0 bridgehead atoms. The van der Waals surface area contributed by atoms with Crippen LogP contribution in [0.15, 0.2) is 96.4 Å². The van der Waals surface area contributed by atoms with E-state index in [1.807, 2.05) is 78.2 Å². The normalized spacial score (nSPS) is 10.7. The summed E-state index contributed by atoms with van der Waals surface area (Å²) in [6.07, 6.45) is -0.741. The molecular formula is C27H21N3O4S. The molecule has 0 saturated carbocycles. The zero-order chi connectivity index (χ0) is 24.2. The van der Waals surface area contributed by atoms with Crippen molar-refractivity contribution in [1.29, 1.82) is 0 Å². The van der Waals surface area contributed by atoms with Gasteiger partial charge >= 0.3 is 6.09 Å². The first kappa shape index (κ1) is 22.2. The largest absolute Gasteiger partial charge is 0.494 e. The van der Waals surface area contributed by atoms with Crippen LogP contribution in [-0.4, -0.2) is 25.9 Å². The van der Waals surface area contributed by atoms with Crippen LogP contribution in [0.2, 0.25) is 0 Å². The van der Waals surface area contributed by atoms with Crippen molar-refractivity contribution in [3.8, 4) is 39.3 Å². The quantitative estimate of drug-likeness (QED) is 0.259. The van der Waals surface area contributed by atoms with Crippen molar-refractivity contribution in [3.63, 3.8) is 0 Å². The third kappa shape index (κ3) is 4.87. The van der Waals surface area contributed by atoms with Crippen molar-refractivity contribution >= 4 is 23.1 Å². The van der Waals surface area contributed by atoms with E-state index in [0.29, 0.717) is 5.69 Å². The zero-order valence-electron chi connectivity index (χ0n) is 18.5. The molecule has 0 aliphatic rings. The Labute approximate surface area is 205 Å². The van der Waals surface area contributed by atoms with Gasteiger partial charge < -0.3 is 14.9 Å². The molecule has 2 heterocycles. The van der Waals surface area contributed by atoms with Crippen molar-refractivity contribution in [2.24, 2.45) is 0 Å². The summed E-state index contributed by atoms with van der Waals surface area (Å²) in [5.74, 6) is -0.541. The average molecular weight is 484 g/mol. The number of ether oxygens (including phenoxy) is 1. The number of carbonyl (C=O) groups excluding carboxylic acids is 1. The molecule has 0 saturated heterocycles. The molecule has 3 aromatic carbocycles. The first-order valence-electron chi connectivity index (χ1n) is 10.8. The second-order valence-corrected chi connectivity index (χ2v) is 8.57.